The number of benzene rings is 2. The van der Waals surface area contributed by atoms with Crippen molar-refractivity contribution < 1.29 is 26.4 Å². The van der Waals surface area contributed by atoms with Crippen molar-refractivity contribution in [1.29, 1.82) is 0 Å². The molecule has 0 atom stereocenters. The molecule has 7 nitrogen and oxygen atoms in total. The SMILES string of the molecule is O=C(CCc1nc2ccccc2[nH]1)N1CCN(S(=O)(=O)c2ccccc2C(F)(F)F)CC1. The molecule has 0 bridgehead atoms. The Hall–Kier alpha value is -2.92. The van der Waals surface area contributed by atoms with Crippen molar-refractivity contribution >= 4 is 27.0 Å². The van der Waals surface area contributed by atoms with Gasteiger partial charge in [0, 0.05) is 39.0 Å². The van der Waals surface area contributed by atoms with Gasteiger partial charge in [0.15, 0.2) is 0 Å². The largest absolute Gasteiger partial charge is 0.417 e. The van der Waals surface area contributed by atoms with Gasteiger partial charge in [-0.1, -0.05) is 24.3 Å². The lowest BCUT2D eigenvalue weighted by Crippen LogP contribution is -2.50. The van der Waals surface area contributed by atoms with E-state index in [0.29, 0.717) is 12.2 Å². The fourth-order valence-corrected chi connectivity index (χ4v) is 5.38. The molecule has 1 fully saturated rings. The van der Waals surface area contributed by atoms with Crippen molar-refractivity contribution in [2.75, 3.05) is 26.2 Å². The van der Waals surface area contributed by atoms with Crippen LogP contribution in [0.25, 0.3) is 11.0 Å². The standard InChI is InChI=1S/C21H21F3N4O3S/c22-21(23,24)15-5-1-4-8-18(15)32(30,31)28-13-11-27(12-14-28)20(29)10-9-19-25-16-6-2-3-7-17(16)26-19/h1-8H,9-14H2,(H,25,26). The number of fused-ring (bicyclic) bond motifs is 1. The maximum Gasteiger partial charge on any atom is 0.417 e. The highest BCUT2D eigenvalue weighted by atomic mass is 32.2. The molecule has 0 unspecified atom stereocenters. The number of halogens is 3. The summed E-state index contributed by atoms with van der Waals surface area (Å²) < 4.78 is 66.5. The summed E-state index contributed by atoms with van der Waals surface area (Å²) in [6, 6.07) is 11.7. The number of piperazine rings is 1. The minimum Gasteiger partial charge on any atom is -0.342 e. The number of nitrogens with zero attached hydrogens (tertiary/aromatic N) is 3. The monoisotopic (exact) mass is 466 g/mol. The van der Waals surface area contributed by atoms with E-state index in [2.05, 4.69) is 9.97 Å². The third-order valence-corrected chi connectivity index (χ3v) is 7.37. The number of aromatic amines is 1. The molecule has 32 heavy (non-hydrogen) atoms. The predicted octanol–water partition coefficient (Wildman–Crippen LogP) is 3.05. The van der Waals surface area contributed by atoms with Crippen LogP contribution >= 0.6 is 0 Å². The number of carbonyl (C=O) groups is 1. The average Bonchev–Trinajstić information content (AvgIpc) is 3.20. The third kappa shape index (κ3) is 4.49. The molecule has 1 N–H and O–H groups in total. The lowest BCUT2D eigenvalue weighted by molar-refractivity contribution is -0.139. The molecule has 2 heterocycles. The van der Waals surface area contributed by atoms with E-state index in [0.717, 1.165) is 33.5 Å². The predicted molar refractivity (Wildman–Crippen MR) is 111 cm³/mol. The number of nitrogens with one attached hydrogen (secondary N) is 1. The van der Waals surface area contributed by atoms with Crippen molar-refractivity contribution in [1.82, 2.24) is 19.2 Å². The molecule has 4 rings (SSSR count). The van der Waals surface area contributed by atoms with E-state index in [1.165, 1.54) is 11.0 Å². The van der Waals surface area contributed by atoms with Gasteiger partial charge in [-0.3, -0.25) is 4.79 Å². The Kier molecular flexibility index (Phi) is 5.95. The molecule has 0 radical (unpaired) electrons. The number of para-hydroxylation sites is 2. The first-order valence-electron chi connectivity index (χ1n) is 10.0. The van der Waals surface area contributed by atoms with E-state index in [4.69, 9.17) is 0 Å². The summed E-state index contributed by atoms with van der Waals surface area (Å²) in [6.07, 6.45) is -4.17. The van der Waals surface area contributed by atoms with Crippen molar-refractivity contribution in [2.24, 2.45) is 0 Å². The van der Waals surface area contributed by atoms with Crippen LogP contribution in [0.2, 0.25) is 0 Å². The highest BCUT2D eigenvalue weighted by Crippen LogP contribution is 2.35. The van der Waals surface area contributed by atoms with E-state index >= 15 is 0 Å². The van der Waals surface area contributed by atoms with E-state index < -0.39 is 26.7 Å². The van der Waals surface area contributed by atoms with E-state index in [1.807, 2.05) is 24.3 Å². The lowest BCUT2D eigenvalue weighted by Gasteiger charge is -2.34. The summed E-state index contributed by atoms with van der Waals surface area (Å²) in [5, 5.41) is 0. The number of H-pyrrole nitrogens is 1. The molecule has 170 valence electrons. The molecule has 11 heteroatoms. The quantitative estimate of drug-likeness (QED) is 0.626. The topological polar surface area (TPSA) is 86.4 Å². The molecule has 0 spiro atoms. The van der Waals surface area contributed by atoms with Crippen LogP contribution in [0.3, 0.4) is 0 Å². The first-order valence-corrected chi connectivity index (χ1v) is 11.5. The van der Waals surface area contributed by atoms with Crippen LogP contribution in [0, 0.1) is 0 Å². The molecule has 1 amide bonds. The maximum atomic E-state index is 13.3. The minimum atomic E-state index is -4.78. The molecule has 1 saturated heterocycles. The normalized spacial score (nSPS) is 15.9. The molecular weight excluding hydrogens is 445 g/mol. The average molecular weight is 466 g/mol. The van der Waals surface area contributed by atoms with Crippen molar-refractivity contribution in [3.63, 3.8) is 0 Å². The Morgan fingerprint density at radius 3 is 2.34 bits per heavy atom. The summed E-state index contributed by atoms with van der Waals surface area (Å²) >= 11 is 0. The molecule has 0 saturated carbocycles. The van der Waals surface area contributed by atoms with Gasteiger partial charge >= 0.3 is 6.18 Å². The molecule has 2 aromatic carbocycles. The first kappa shape index (κ1) is 22.3. The molecule has 3 aromatic rings. The van der Waals surface area contributed by atoms with Crippen molar-refractivity contribution in [3.8, 4) is 0 Å². The van der Waals surface area contributed by atoms with Gasteiger partial charge in [-0.25, -0.2) is 13.4 Å². The van der Waals surface area contributed by atoms with Gasteiger partial charge in [0.2, 0.25) is 15.9 Å². The Labute approximate surface area is 182 Å². The summed E-state index contributed by atoms with van der Waals surface area (Å²) in [5.74, 6) is 0.530. The van der Waals surface area contributed by atoms with E-state index in [-0.39, 0.29) is 38.5 Å². The number of alkyl halides is 3. The fourth-order valence-electron chi connectivity index (χ4n) is 3.75. The van der Waals surface area contributed by atoms with Crippen LogP contribution in [0.5, 0.6) is 0 Å². The first-order chi connectivity index (χ1) is 15.2. The summed E-state index contributed by atoms with van der Waals surface area (Å²) in [7, 11) is -4.33. The molecule has 1 aliphatic heterocycles. The molecule has 0 aliphatic carbocycles. The number of sulfonamides is 1. The zero-order chi connectivity index (χ0) is 22.9. The minimum absolute atomic E-state index is 0.0646. The molecule has 1 aromatic heterocycles. The summed E-state index contributed by atoms with van der Waals surface area (Å²) in [5.41, 5.74) is 0.505. The Morgan fingerprint density at radius 1 is 1.00 bits per heavy atom. The Bertz CT molecular complexity index is 1200. The summed E-state index contributed by atoms with van der Waals surface area (Å²) in [6.45, 7) is 0.106. The number of hydrogen-bond donors (Lipinski definition) is 1. The van der Waals surface area contributed by atoms with Crippen LogP contribution in [0.4, 0.5) is 13.2 Å². The second-order valence-corrected chi connectivity index (χ2v) is 9.39. The van der Waals surface area contributed by atoms with Crippen molar-refractivity contribution in [3.05, 3.63) is 59.9 Å². The van der Waals surface area contributed by atoms with Gasteiger partial charge in [-0.15, -0.1) is 0 Å². The molecule has 1 aliphatic rings. The van der Waals surface area contributed by atoms with Crippen LogP contribution in [-0.4, -0.2) is 59.7 Å². The van der Waals surface area contributed by atoms with Crippen LogP contribution < -0.4 is 0 Å². The van der Waals surface area contributed by atoms with Gasteiger partial charge in [0.1, 0.15) is 5.82 Å². The maximum absolute atomic E-state index is 13.3. The number of aromatic nitrogens is 2. The van der Waals surface area contributed by atoms with Gasteiger partial charge in [0.25, 0.3) is 0 Å². The zero-order valence-electron chi connectivity index (χ0n) is 17.0. The fraction of sp³-hybridized carbons (Fsp3) is 0.333. The van der Waals surface area contributed by atoms with Gasteiger partial charge < -0.3 is 9.88 Å². The number of imidazole rings is 1. The number of aryl methyl sites for hydroxylation is 1. The highest BCUT2D eigenvalue weighted by Gasteiger charge is 2.39. The van der Waals surface area contributed by atoms with Crippen LogP contribution in [0.1, 0.15) is 17.8 Å². The van der Waals surface area contributed by atoms with Gasteiger partial charge in [-0.2, -0.15) is 17.5 Å². The van der Waals surface area contributed by atoms with Crippen molar-refractivity contribution in [2.45, 2.75) is 23.9 Å². The number of amides is 1. The van der Waals surface area contributed by atoms with E-state index in [1.54, 1.807) is 0 Å². The number of rotatable bonds is 5. The van der Waals surface area contributed by atoms with Gasteiger partial charge in [0.05, 0.1) is 21.5 Å². The second-order valence-electron chi connectivity index (χ2n) is 7.48. The lowest BCUT2D eigenvalue weighted by atomic mass is 10.2. The number of hydrogen-bond acceptors (Lipinski definition) is 4. The second kappa shape index (κ2) is 8.55. The van der Waals surface area contributed by atoms with Crippen LogP contribution in [-0.2, 0) is 27.4 Å². The highest BCUT2D eigenvalue weighted by molar-refractivity contribution is 7.89. The Balaban J connectivity index is 1.38. The summed E-state index contributed by atoms with van der Waals surface area (Å²) in [4.78, 5) is 20.9. The Morgan fingerprint density at radius 2 is 1.66 bits per heavy atom. The number of carbonyl (C=O) groups excluding carboxylic acids is 1. The third-order valence-electron chi connectivity index (χ3n) is 5.42. The van der Waals surface area contributed by atoms with Gasteiger partial charge in [-0.05, 0) is 24.3 Å². The molecular formula is C21H21F3N4O3S. The van der Waals surface area contributed by atoms with Crippen LogP contribution in [0.15, 0.2) is 53.4 Å². The van der Waals surface area contributed by atoms with E-state index in [9.17, 15) is 26.4 Å². The smallest absolute Gasteiger partial charge is 0.342 e. The zero-order valence-corrected chi connectivity index (χ0v) is 17.8.